The van der Waals surface area contributed by atoms with Gasteiger partial charge in [0.05, 0.1) is 28.2 Å². The Morgan fingerprint density at radius 2 is 1.61 bits per heavy atom. The highest BCUT2D eigenvalue weighted by Gasteiger charge is 2.15. The maximum atomic E-state index is 12.2. The van der Waals surface area contributed by atoms with E-state index in [0.29, 0.717) is 16.3 Å². The van der Waals surface area contributed by atoms with Crippen LogP contribution in [0.25, 0.3) is 0 Å². The predicted octanol–water partition coefficient (Wildman–Crippen LogP) is 3.64. The van der Waals surface area contributed by atoms with Gasteiger partial charge in [-0.1, -0.05) is 35.3 Å². The van der Waals surface area contributed by atoms with E-state index in [4.69, 9.17) is 27.9 Å². The zero-order valence-electron chi connectivity index (χ0n) is 16.9. The Bertz CT molecular complexity index is 1280. The van der Waals surface area contributed by atoms with Crippen LogP contribution in [0, 0.1) is 0 Å². The fourth-order valence-electron chi connectivity index (χ4n) is 2.49. The van der Waals surface area contributed by atoms with Gasteiger partial charge in [-0.3, -0.25) is 4.79 Å². The van der Waals surface area contributed by atoms with Crippen molar-refractivity contribution in [1.29, 1.82) is 0 Å². The fourth-order valence-corrected chi connectivity index (χ4v) is 3.81. The lowest BCUT2D eigenvalue weighted by atomic mass is 10.2. The summed E-state index contributed by atoms with van der Waals surface area (Å²) in [6, 6.07) is 18.4. The summed E-state index contributed by atoms with van der Waals surface area (Å²) < 4.78 is 31.7. The number of hydrogen-bond donors (Lipinski definition) is 2. The first-order valence-corrected chi connectivity index (χ1v) is 11.6. The van der Waals surface area contributed by atoms with Gasteiger partial charge in [-0.05, 0) is 66.2 Å². The van der Waals surface area contributed by atoms with E-state index in [2.05, 4.69) is 15.2 Å². The monoisotopic (exact) mass is 505 g/mol. The molecule has 3 aromatic rings. The van der Waals surface area contributed by atoms with E-state index >= 15 is 0 Å². The van der Waals surface area contributed by atoms with Gasteiger partial charge >= 0.3 is 5.97 Å². The van der Waals surface area contributed by atoms with E-state index in [-0.39, 0.29) is 15.5 Å². The number of nitrogens with one attached hydrogen (secondary N) is 2. The number of rotatable bonds is 8. The van der Waals surface area contributed by atoms with Gasteiger partial charge in [-0.15, -0.1) is 0 Å². The third-order valence-electron chi connectivity index (χ3n) is 4.13. The number of ether oxygens (including phenoxy) is 1. The Morgan fingerprint density at radius 3 is 2.27 bits per heavy atom. The van der Waals surface area contributed by atoms with Crippen molar-refractivity contribution in [2.75, 3.05) is 6.54 Å². The fraction of sp³-hybridized carbons (Fsp3) is 0.0455. The molecule has 0 radical (unpaired) electrons. The van der Waals surface area contributed by atoms with E-state index in [1.165, 1.54) is 30.5 Å². The van der Waals surface area contributed by atoms with E-state index in [0.717, 1.165) is 0 Å². The van der Waals surface area contributed by atoms with Crippen LogP contribution in [-0.2, 0) is 14.8 Å². The van der Waals surface area contributed by atoms with Crippen molar-refractivity contribution in [3.05, 3.63) is 94.0 Å². The Kier molecular flexibility index (Phi) is 8.18. The van der Waals surface area contributed by atoms with E-state index < -0.39 is 28.4 Å². The predicted molar refractivity (Wildman–Crippen MR) is 125 cm³/mol. The van der Waals surface area contributed by atoms with Gasteiger partial charge < -0.3 is 4.74 Å². The average Bonchev–Trinajstić information content (AvgIpc) is 2.79. The maximum Gasteiger partial charge on any atom is 0.345 e. The summed E-state index contributed by atoms with van der Waals surface area (Å²) in [7, 11) is -3.86. The van der Waals surface area contributed by atoms with Crippen molar-refractivity contribution in [2.24, 2.45) is 5.10 Å². The van der Waals surface area contributed by atoms with Crippen LogP contribution in [0.4, 0.5) is 0 Å². The lowest BCUT2D eigenvalue weighted by molar-refractivity contribution is -0.119. The number of benzene rings is 3. The number of nitrogens with zero attached hydrogens (tertiary/aromatic N) is 1. The second kappa shape index (κ2) is 11.1. The van der Waals surface area contributed by atoms with Gasteiger partial charge in [0.1, 0.15) is 5.75 Å². The number of halogens is 2. The number of hydrazone groups is 1. The zero-order chi connectivity index (χ0) is 23.8. The van der Waals surface area contributed by atoms with Crippen LogP contribution in [0.15, 0.2) is 82.8 Å². The van der Waals surface area contributed by atoms with Crippen LogP contribution >= 0.6 is 23.2 Å². The molecule has 0 saturated heterocycles. The molecule has 0 aliphatic rings. The molecule has 0 fully saturated rings. The van der Waals surface area contributed by atoms with E-state index in [1.54, 1.807) is 48.5 Å². The van der Waals surface area contributed by atoms with Gasteiger partial charge in [-0.25, -0.2) is 23.4 Å². The highest BCUT2D eigenvalue weighted by Crippen LogP contribution is 2.19. The third-order valence-corrected chi connectivity index (χ3v) is 6.13. The molecule has 0 atom stereocenters. The second-order valence-corrected chi connectivity index (χ2v) is 9.12. The van der Waals surface area contributed by atoms with Gasteiger partial charge in [0.25, 0.3) is 5.91 Å². The molecule has 11 heteroatoms. The first kappa shape index (κ1) is 24.4. The highest BCUT2D eigenvalue weighted by molar-refractivity contribution is 7.89. The van der Waals surface area contributed by atoms with Crippen LogP contribution in [0.2, 0.25) is 10.0 Å². The molecule has 1 amide bonds. The van der Waals surface area contributed by atoms with Crippen molar-refractivity contribution in [1.82, 2.24) is 10.1 Å². The highest BCUT2D eigenvalue weighted by atomic mass is 35.5. The Hall–Kier alpha value is -3.24. The van der Waals surface area contributed by atoms with Crippen LogP contribution in [0.5, 0.6) is 5.75 Å². The minimum atomic E-state index is -3.86. The summed E-state index contributed by atoms with van der Waals surface area (Å²) >= 11 is 11.7. The lowest BCUT2D eigenvalue weighted by Crippen LogP contribution is -2.34. The molecule has 0 aliphatic carbocycles. The van der Waals surface area contributed by atoms with Gasteiger partial charge in [0, 0.05) is 5.02 Å². The third kappa shape index (κ3) is 7.13. The van der Waals surface area contributed by atoms with Crippen molar-refractivity contribution >= 4 is 51.3 Å². The summed E-state index contributed by atoms with van der Waals surface area (Å²) in [5.74, 6) is -0.942. The van der Waals surface area contributed by atoms with Crippen LogP contribution in [0.1, 0.15) is 15.9 Å². The Balaban J connectivity index is 1.49. The molecule has 0 saturated carbocycles. The van der Waals surface area contributed by atoms with Gasteiger partial charge in [0.15, 0.2) is 0 Å². The minimum absolute atomic E-state index is 0.0153. The van der Waals surface area contributed by atoms with E-state index in [1.807, 2.05) is 0 Å². The Labute approximate surface area is 200 Å². The summed E-state index contributed by atoms with van der Waals surface area (Å²) in [5.41, 5.74) is 3.08. The molecule has 3 rings (SSSR count). The first-order chi connectivity index (χ1) is 15.7. The molecule has 2 N–H and O–H groups in total. The molecule has 0 bridgehead atoms. The number of carbonyl (C=O) groups is 2. The maximum absolute atomic E-state index is 12.2. The molecule has 33 heavy (non-hydrogen) atoms. The number of esters is 1. The lowest BCUT2D eigenvalue weighted by Gasteiger charge is -2.06. The molecular weight excluding hydrogens is 489 g/mol. The molecule has 0 unspecified atom stereocenters. The molecule has 0 aliphatic heterocycles. The van der Waals surface area contributed by atoms with Crippen LogP contribution < -0.4 is 14.9 Å². The van der Waals surface area contributed by atoms with Crippen LogP contribution in [0.3, 0.4) is 0 Å². The van der Waals surface area contributed by atoms with Gasteiger partial charge in [-0.2, -0.15) is 5.10 Å². The normalized spacial score (nSPS) is 11.3. The molecule has 0 aromatic heterocycles. The summed E-state index contributed by atoms with van der Waals surface area (Å²) in [5, 5.41) is 4.46. The summed E-state index contributed by atoms with van der Waals surface area (Å²) in [6.07, 6.45) is 1.35. The van der Waals surface area contributed by atoms with Crippen molar-refractivity contribution < 1.29 is 22.7 Å². The smallest absolute Gasteiger partial charge is 0.345 e. The Morgan fingerprint density at radius 1 is 0.939 bits per heavy atom. The SMILES string of the molecule is O=C(CNS(=O)(=O)c1ccc(Cl)cc1)NN=Cc1ccc(OC(=O)c2ccccc2Cl)cc1. The summed E-state index contributed by atoms with van der Waals surface area (Å²) in [4.78, 5) is 24.0. The second-order valence-electron chi connectivity index (χ2n) is 6.51. The van der Waals surface area contributed by atoms with E-state index in [9.17, 15) is 18.0 Å². The molecular formula is C22H17Cl2N3O5S. The van der Waals surface area contributed by atoms with Gasteiger partial charge in [0.2, 0.25) is 10.0 Å². The molecule has 170 valence electrons. The van der Waals surface area contributed by atoms with Crippen LogP contribution in [-0.4, -0.2) is 33.1 Å². The topological polar surface area (TPSA) is 114 Å². The summed E-state index contributed by atoms with van der Waals surface area (Å²) in [6.45, 7) is -0.501. The number of hydrogen-bond acceptors (Lipinski definition) is 6. The largest absolute Gasteiger partial charge is 0.423 e. The number of sulfonamides is 1. The van der Waals surface area contributed by atoms with Crippen molar-refractivity contribution in [2.45, 2.75) is 4.90 Å². The zero-order valence-corrected chi connectivity index (χ0v) is 19.2. The standard InChI is InChI=1S/C22H17Cl2N3O5S/c23-16-7-11-18(12-8-16)33(30,31)26-14-21(28)27-25-13-15-5-9-17(10-6-15)32-22(29)19-3-1-2-4-20(19)24/h1-13,26H,14H2,(H,27,28). The molecule has 8 nitrogen and oxygen atoms in total. The number of carbonyl (C=O) groups excluding carboxylic acids is 2. The van der Waals surface area contributed by atoms with Crippen molar-refractivity contribution in [3.63, 3.8) is 0 Å². The average molecular weight is 506 g/mol. The minimum Gasteiger partial charge on any atom is -0.423 e. The quantitative estimate of drug-likeness (QED) is 0.210. The number of amides is 1. The first-order valence-electron chi connectivity index (χ1n) is 9.38. The molecule has 0 heterocycles. The molecule has 0 spiro atoms. The van der Waals surface area contributed by atoms with Crippen molar-refractivity contribution in [3.8, 4) is 5.75 Å². The molecule has 3 aromatic carbocycles.